The van der Waals surface area contributed by atoms with Crippen LogP contribution in [0.2, 0.25) is 5.15 Å². The van der Waals surface area contributed by atoms with Crippen molar-refractivity contribution >= 4 is 38.8 Å². The molecule has 5 N–H and O–H groups in total. The van der Waals surface area contributed by atoms with Crippen molar-refractivity contribution in [2.24, 2.45) is 0 Å². The predicted octanol–water partition coefficient (Wildman–Crippen LogP) is 2.22. The lowest BCUT2D eigenvalue weighted by Crippen LogP contribution is -2.17. The molecule has 0 amide bonds. The Morgan fingerprint density at radius 2 is 1.73 bits per heavy atom. The minimum absolute atomic E-state index is 0.00806. The maximum atomic E-state index is 12.3. The molecule has 2 rings (SSSR count). The molecular formula is C13H16ClN5O2S. The number of hydrogen-bond acceptors (Lipinski definition) is 6. The number of nitrogens with one attached hydrogen (secondary N) is 1. The van der Waals surface area contributed by atoms with Crippen LogP contribution in [0.1, 0.15) is 25.6 Å². The summed E-state index contributed by atoms with van der Waals surface area (Å²) in [6.07, 6.45) is 0. The Labute approximate surface area is 133 Å². The first-order valence-electron chi connectivity index (χ1n) is 6.42. The van der Waals surface area contributed by atoms with Gasteiger partial charge in [0.2, 0.25) is 0 Å². The Balaban J connectivity index is 2.43. The largest absolute Gasteiger partial charge is 0.399 e. The van der Waals surface area contributed by atoms with Crippen molar-refractivity contribution in [3.8, 4) is 0 Å². The summed E-state index contributed by atoms with van der Waals surface area (Å²) in [6.45, 7) is 3.72. The zero-order chi connectivity index (χ0) is 16.5. The van der Waals surface area contributed by atoms with Crippen molar-refractivity contribution in [2.75, 3.05) is 16.2 Å². The summed E-state index contributed by atoms with van der Waals surface area (Å²) in [5.41, 5.74) is 11.7. The first-order chi connectivity index (χ1) is 10.2. The minimum atomic E-state index is -3.85. The van der Waals surface area contributed by atoms with Crippen LogP contribution in [-0.4, -0.2) is 18.4 Å². The maximum absolute atomic E-state index is 12.3. The number of nitrogens with zero attached hydrogens (tertiary/aromatic N) is 2. The van der Waals surface area contributed by atoms with Crippen molar-refractivity contribution in [2.45, 2.75) is 24.7 Å². The van der Waals surface area contributed by atoms with Crippen molar-refractivity contribution in [3.05, 3.63) is 35.2 Å². The second-order valence-electron chi connectivity index (χ2n) is 4.96. The number of nitrogens with two attached hydrogens (primary N) is 2. The van der Waals surface area contributed by atoms with Gasteiger partial charge in [-0.3, -0.25) is 4.72 Å². The summed E-state index contributed by atoms with van der Waals surface area (Å²) in [5.74, 6) is 0.326. The molecule has 7 nitrogen and oxygen atoms in total. The molecule has 0 aliphatic rings. The second kappa shape index (κ2) is 5.98. The lowest BCUT2D eigenvalue weighted by molar-refractivity contribution is 0.601. The Hall–Kier alpha value is -2.06. The van der Waals surface area contributed by atoms with Gasteiger partial charge in [0.15, 0.2) is 11.0 Å². The number of benzene rings is 1. The smallest absolute Gasteiger partial charge is 0.263 e. The number of aromatic nitrogens is 2. The molecule has 118 valence electrons. The second-order valence-corrected chi connectivity index (χ2v) is 7.00. The molecule has 0 atom stereocenters. The monoisotopic (exact) mass is 341 g/mol. The fourth-order valence-corrected chi connectivity index (χ4v) is 2.83. The van der Waals surface area contributed by atoms with Gasteiger partial charge in [-0.25, -0.2) is 18.4 Å². The summed E-state index contributed by atoms with van der Waals surface area (Å²) < 4.78 is 27.0. The highest BCUT2D eigenvalue weighted by Crippen LogP contribution is 2.28. The average Bonchev–Trinajstić information content (AvgIpc) is 2.43. The lowest BCUT2D eigenvalue weighted by Gasteiger charge is -2.13. The highest BCUT2D eigenvalue weighted by molar-refractivity contribution is 7.92. The average molecular weight is 342 g/mol. The molecule has 0 aliphatic carbocycles. The standard InChI is InChI=1S/C13H16ClN5O2S/c1-7(2)12-17-11(14)10(16)13(18-12)19-22(20,21)9-5-3-8(15)4-6-9/h3-7H,15-16H2,1-2H3,(H,17,18,19). The first kappa shape index (κ1) is 16.3. The molecule has 0 bridgehead atoms. The van der Waals surface area contributed by atoms with Gasteiger partial charge in [-0.15, -0.1) is 0 Å². The van der Waals surface area contributed by atoms with Crippen LogP contribution in [0, 0.1) is 0 Å². The normalized spacial score (nSPS) is 11.6. The topological polar surface area (TPSA) is 124 Å². The third kappa shape index (κ3) is 3.40. The molecule has 0 unspecified atom stereocenters. The van der Waals surface area contributed by atoms with E-state index in [2.05, 4.69) is 14.7 Å². The van der Waals surface area contributed by atoms with E-state index in [4.69, 9.17) is 23.1 Å². The van der Waals surface area contributed by atoms with Crippen LogP contribution in [0.25, 0.3) is 0 Å². The highest BCUT2D eigenvalue weighted by Gasteiger charge is 2.19. The van der Waals surface area contributed by atoms with Crippen molar-refractivity contribution in [3.63, 3.8) is 0 Å². The van der Waals surface area contributed by atoms with E-state index in [1.54, 1.807) is 0 Å². The zero-order valence-electron chi connectivity index (χ0n) is 12.0. The predicted molar refractivity (Wildman–Crippen MR) is 87.2 cm³/mol. The van der Waals surface area contributed by atoms with Crippen molar-refractivity contribution < 1.29 is 8.42 Å². The van der Waals surface area contributed by atoms with Gasteiger partial charge >= 0.3 is 0 Å². The van der Waals surface area contributed by atoms with Crippen LogP contribution in [0.4, 0.5) is 17.2 Å². The number of nitrogen functional groups attached to an aromatic ring is 2. The molecular weight excluding hydrogens is 326 g/mol. The Bertz CT molecular complexity index is 791. The molecule has 9 heteroatoms. The van der Waals surface area contributed by atoms with Crippen LogP contribution < -0.4 is 16.2 Å². The van der Waals surface area contributed by atoms with Crippen molar-refractivity contribution in [1.82, 2.24) is 9.97 Å². The number of halogens is 1. The lowest BCUT2D eigenvalue weighted by atomic mass is 10.2. The minimum Gasteiger partial charge on any atom is -0.399 e. The summed E-state index contributed by atoms with van der Waals surface area (Å²) >= 11 is 5.93. The molecule has 0 fully saturated rings. The SMILES string of the molecule is CC(C)c1nc(Cl)c(N)c(NS(=O)(=O)c2ccc(N)cc2)n1. The van der Waals surface area contributed by atoms with E-state index in [0.29, 0.717) is 11.5 Å². The molecule has 0 radical (unpaired) electrons. The summed E-state index contributed by atoms with van der Waals surface area (Å²) in [5, 5.41) is 0.00806. The third-order valence-electron chi connectivity index (χ3n) is 2.85. The summed E-state index contributed by atoms with van der Waals surface area (Å²) in [7, 11) is -3.85. The molecule has 0 spiro atoms. The first-order valence-corrected chi connectivity index (χ1v) is 8.28. The van der Waals surface area contributed by atoms with E-state index < -0.39 is 10.0 Å². The highest BCUT2D eigenvalue weighted by atomic mass is 35.5. The van der Waals surface area contributed by atoms with E-state index in [1.807, 2.05) is 13.8 Å². The summed E-state index contributed by atoms with van der Waals surface area (Å²) in [6, 6.07) is 5.76. The van der Waals surface area contributed by atoms with Gasteiger partial charge in [0, 0.05) is 11.6 Å². The molecule has 0 saturated heterocycles. The fourth-order valence-electron chi connectivity index (χ4n) is 1.63. The number of rotatable bonds is 4. The van der Waals surface area contributed by atoms with E-state index in [-0.39, 0.29) is 27.5 Å². The molecule has 1 heterocycles. The van der Waals surface area contributed by atoms with Crippen LogP contribution in [-0.2, 0) is 10.0 Å². The molecule has 2 aromatic rings. The van der Waals surface area contributed by atoms with Gasteiger partial charge in [0.05, 0.1) is 4.90 Å². The van der Waals surface area contributed by atoms with E-state index >= 15 is 0 Å². The molecule has 1 aromatic heterocycles. The molecule has 1 aromatic carbocycles. The Morgan fingerprint density at radius 1 is 1.14 bits per heavy atom. The molecule has 22 heavy (non-hydrogen) atoms. The Morgan fingerprint density at radius 3 is 2.27 bits per heavy atom. The van der Waals surface area contributed by atoms with Gasteiger partial charge in [-0.05, 0) is 24.3 Å². The quantitative estimate of drug-likeness (QED) is 0.578. The number of sulfonamides is 1. The van der Waals surface area contributed by atoms with Crippen LogP contribution in [0.3, 0.4) is 0 Å². The van der Waals surface area contributed by atoms with Gasteiger partial charge in [-0.1, -0.05) is 25.4 Å². The maximum Gasteiger partial charge on any atom is 0.263 e. The van der Waals surface area contributed by atoms with Gasteiger partial charge < -0.3 is 11.5 Å². The van der Waals surface area contributed by atoms with Crippen LogP contribution in [0.5, 0.6) is 0 Å². The van der Waals surface area contributed by atoms with Crippen LogP contribution in [0.15, 0.2) is 29.2 Å². The van der Waals surface area contributed by atoms with E-state index in [1.165, 1.54) is 24.3 Å². The van der Waals surface area contributed by atoms with Gasteiger partial charge in [0.25, 0.3) is 10.0 Å². The fraction of sp³-hybridized carbons (Fsp3) is 0.231. The number of anilines is 3. The summed E-state index contributed by atoms with van der Waals surface area (Å²) in [4.78, 5) is 8.19. The number of hydrogen-bond donors (Lipinski definition) is 3. The van der Waals surface area contributed by atoms with Gasteiger partial charge in [-0.2, -0.15) is 0 Å². The molecule has 0 saturated carbocycles. The molecule has 0 aliphatic heterocycles. The van der Waals surface area contributed by atoms with E-state index in [9.17, 15) is 8.42 Å². The van der Waals surface area contributed by atoms with Gasteiger partial charge in [0.1, 0.15) is 11.5 Å². The van der Waals surface area contributed by atoms with Crippen LogP contribution >= 0.6 is 11.6 Å². The Kier molecular flexibility index (Phi) is 4.43. The zero-order valence-corrected chi connectivity index (χ0v) is 13.6. The van der Waals surface area contributed by atoms with Crippen molar-refractivity contribution in [1.29, 1.82) is 0 Å². The van der Waals surface area contributed by atoms with E-state index in [0.717, 1.165) is 0 Å². The third-order valence-corrected chi connectivity index (χ3v) is 4.50.